The summed E-state index contributed by atoms with van der Waals surface area (Å²) < 4.78 is 0. The van der Waals surface area contributed by atoms with Crippen LogP contribution in [-0.2, 0) is 0 Å². The van der Waals surface area contributed by atoms with Crippen molar-refractivity contribution in [2.24, 2.45) is 0 Å². The Hall–Kier alpha value is 1.43. The predicted molar refractivity (Wildman–Crippen MR) is 37.9 cm³/mol. The fraction of sp³-hybridized carbons (Fsp3) is 1.00. The number of hydrogen-bond donors (Lipinski definition) is 2. The molecule has 0 rings (SSSR count). The molecule has 28 valence electrons. The summed E-state index contributed by atoms with van der Waals surface area (Å²) in [7, 11) is 7.97. The molecule has 0 spiro atoms. The third kappa shape index (κ3) is 9.90. The van der Waals surface area contributed by atoms with Crippen LogP contribution in [0.3, 0.4) is 0 Å². The predicted octanol–water partition coefficient (Wildman–Crippen LogP) is 1.81. The Morgan fingerprint density at radius 1 is 1.50 bits per heavy atom. The van der Waals surface area contributed by atoms with Crippen molar-refractivity contribution in [3.8, 4) is 0 Å². The van der Waals surface area contributed by atoms with Gasteiger partial charge in [-0.15, -0.1) is 0 Å². The van der Waals surface area contributed by atoms with Gasteiger partial charge in [0.1, 0.15) is 0 Å². The van der Waals surface area contributed by atoms with Gasteiger partial charge in [0.25, 0.3) is 0 Å². The summed E-state index contributed by atoms with van der Waals surface area (Å²) in [5, 5.41) is 0. The molecule has 0 saturated carbocycles. The van der Waals surface area contributed by atoms with Gasteiger partial charge in [-0.2, -0.15) is 0 Å². The standard InChI is InChI=1S/CH5IS2/c1-2(3)4/h3-4H,1H3. The maximum absolute atomic E-state index is 3.99. The molecule has 4 heavy (non-hydrogen) atoms. The van der Waals surface area contributed by atoms with Crippen molar-refractivity contribution in [2.75, 3.05) is 4.93 Å². The first-order valence-corrected chi connectivity index (χ1v) is 9.34. The van der Waals surface area contributed by atoms with Gasteiger partial charge in [-0.05, 0) is 0 Å². The van der Waals surface area contributed by atoms with Gasteiger partial charge in [-0.1, -0.05) is 0 Å². The van der Waals surface area contributed by atoms with Gasteiger partial charge >= 0.3 is 41.6 Å². The van der Waals surface area contributed by atoms with Crippen molar-refractivity contribution in [3.63, 3.8) is 0 Å². The van der Waals surface area contributed by atoms with Crippen LogP contribution in [0.2, 0.25) is 0 Å². The summed E-state index contributed by atoms with van der Waals surface area (Å²) >= 11 is -0.874. The molecule has 0 unspecified atom stereocenters. The van der Waals surface area contributed by atoms with Crippen LogP contribution in [0, 0.1) is 0 Å². The summed E-state index contributed by atoms with van der Waals surface area (Å²) in [6, 6.07) is 0. The molecular weight excluding hydrogens is 203 g/mol. The van der Waals surface area contributed by atoms with E-state index in [2.05, 4.69) is 24.5 Å². The van der Waals surface area contributed by atoms with E-state index in [0.717, 1.165) is 0 Å². The number of rotatable bonds is 0. The van der Waals surface area contributed by atoms with E-state index in [9.17, 15) is 0 Å². The fourth-order valence-corrected chi connectivity index (χ4v) is 0. The third-order valence-corrected chi connectivity index (χ3v) is 0. The average Bonchev–Trinajstić information content (AvgIpc) is 0.811. The van der Waals surface area contributed by atoms with E-state index in [1.165, 1.54) is 0 Å². The summed E-state index contributed by atoms with van der Waals surface area (Å²) in [5.41, 5.74) is 0. The Morgan fingerprint density at radius 3 is 1.50 bits per heavy atom. The van der Waals surface area contributed by atoms with E-state index in [1.807, 2.05) is 0 Å². The molecule has 0 aromatic heterocycles. The van der Waals surface area contributed by atoms with Crippen molar-refractivity contribution in [3.05, 3.63) is 0 Å². The van der Waals surface area contributed by atoms with Crippen LogP contribution in [0.1, 0.15) is 0 Å². The molecule has 0 radical (unpaired) electrons. The topological polar surface area (TPSA) is 0 Å². The summed E-state index contributed by atoms with van der Waals surface area (Å²) in [6.07, 6.45) is 0. The molecule has 0 fully saturated rings. The summed E-state index contributed by atoms with van der Waals surface area (Å²) in [6.45, 7) is 0. The maximum atomic E-state index is 3.99. The molecule has 0 aliphatic rings. The fourth-order valence-electron chi connectivity index (χ4n) is 0. The van der Waals surface area contributed by atoms with Crippen molar-refractivity contribution in [1.82, 2.24) is 0 Å². The Morgan fingerprint density at radius 2 is 1.50 bits per heavy atom. The number of alkyl halides is 1. The molecule has 3 heteroatoms. The molecule has 0 aromatic rings. The van der Waals surface area contributed by atoms with E-state index >= 15 is 0 Å². The second-order valence-electron chi connectivity index (χ2n) is 0.414. The van der Waals surface area contributed by atoms with Gasteiger partial charge in [0.2, 0.25) is 0 Å². The Kier molecular flexibility index (Phi) is 3.61. The van der Waals surface area contributed by atoms with Crippen molar-refractivity contribution in [1.29, 1.82) is 0 Å². The van der Waals surface area contributed by atoms with Gasteiger partial charge in [-0.25, -0.2) is 0 Å². The first kappa shape index (κ1) is 5.43. The van der Waals surface area contributed by atoms with Crippen LogP contribution < -0.4 is 0 Å². The zero-order chi connectivity index (χ0) is 3.58. The van der Waals surface area contributed by atoms with Crippen molar-refractivity contribution in [2.45, 2.75) is 0 Å². The van der Waals surface area contributed by atoms with Gasteiger partial charge in [-0.3, -0.25) is 0 Å². The minimum absolute atomic E-state index is 0.874. The molecule has 0 saturated heterocycles. The number of halogens is 1. The van der Waals surface area contributed by atoms with E-state index in [-0.39, 0.29) is 0 Å². The van der Waals surface area contributed by atoms with Crippen LogP contribution in [0.5, 0.6) is 0 Å². The molecule has 0 bridgehead atoms. The first-order valence-electron chi connectivity index (χ1n) is 0.716. The quantitative estimate of drug-likeness (QED) is 0.338. The van der Waals surface area contributed by atoms with E-state index < -0.39 is 17.0 Å². The molecule has 0 heterocycles. The average molecular weight is 208 g/mol. The van der Waals surface area contributed by atoms with Crippen LogP contribution in [-0.4, -0.2) is 4.93 Å². The van der Waals surface area contributed by atoms with Gasteiger partial charge in [0.15, 0.2) is 0 Å². The number of thiol groups is 2. The van der Waals surface area contributed by atoms with Crippen LogP contribution >= 0.6 is 36.6 Å². The van der Waals surface area contributed by atoms with Gasteiger partial charge in [0.05, 0.1) is 0 Å². The van der Waals surface area contributed by atoms with Gasteiger partial charge in [0, 0.05) is 0 Å². The Labute approximate surface area is 41.5 Å². The SMILES string of the molecule is CI(S)S. The van der Waals surface area contributed by atoms with Crippen molar-refractivity contribution < 1.29 is 0 Å². The minimum atomic E-state index is -0.874. The zero-order valence-electron chi connectivity index (χ0n) is 2.27. The Bertz CT molecular complexity index is 10.8. The van der Waals surface area contributed by atoms with E-state index in [1.54, 1.807) is 0 Å². The normalized spacial score (nSPS) is 11.2. The molecule has 0 N–H and O–H groups in total. The molecule has 0 nitrogen and oxygen atoms in total. The van der Waals surface area contributed by atoms with Crippen LogP contribution in [0.4, 0.5) is 0 Å². The second kappa shape index (κ2) is 2.66. The molecule has 0 aliphatic carbocycles. The first-order chi connectivity index (χ1) is 1.73. The molecule has 0 aliphatic heterocycles. The van der Waals surface area contributed by atoms with Crippen LogP contribution in [0.25, 0.3) is 0 Å². The summed E-state index contributed by atoms with van der Waals surface area (Å²) in [4.78, 5) is 2.05. The summed E-state index contributed by atoms with van der Waals surface area (Å²) in [5.74, 6) is 0. The molecule has 0 atom stereocenters. The van der Waals surface area contributed by atoms with Crippen LogP contribution in [0.15, 0.2) is 0 Å². The number of hydrogen-bond acceptors (Lipinski definition) is 2. The molecule has 0 amide bonds. The second-order valence-corrected chi connectivity index (χ2v) is 11.4. The third-order valence-electron chi connectivity index (χ3n) is 0. The van der Waals surface area contributed by atoms with Crippen molar-refractivity contribution >= 4 is 36.6 Å². The van der Waals surface area contributed by atoms with E-state index in [4.69, 9.17) is 0 Å². The zero-order valence-corrected chi connectivity index (χ0v) is 6.22. The molecule has 0 aromatic carbocycles. The monoisotopic (exact) mass is 208 g/mol. The Balaban J connectivity index is 2.32. The molecular formula is CH5IS2. The van der Waals surface area contributed by atoms with Gasteiger partial charge < -0.3 is 0 Å². The van der Waals surface area contributed by atoms with E-state index in [0.29, 0.717) is 0 Å².